The first kappa shape index (κ1) is 23.6. The Kier molecular flexibility index (Phi) is 7.10. The van der Waals surface area contributed by atoms with Crippen LogP contribution in [0.5, 0.6) is 0 Å². The molecule has 2 aliphatic carbocycles. The zero-order valence-corrected chi connectivity index (χ0v) is 20.8. The molecule has 34 heavy (non-hydrogen) atoms. The van der Waals surface area contributed by atoms with Gasteiger partial charge in [0.25, 0.3) is 5.91 Å². The number of piperidine rings is 1. The third kappa shape index (κ3) is 4.95. The molecule has 4 atom stereocenters. The lowest BCUT2D eigenvalue weighted by atomic mass is 9.78. The number of hydrogen-bond donors (Lipinski definition) is 2. The van der Waals surface area contributed by atoms with Gasteiger partial charge in [-0.25, -0.2) is 0 Å². The fourth-order valence-corrected chi connectivity index (χ4v) is 6.92. The molecule has 5 heteroatoms. The summed E-state index contributed by atoms with van der Waals surface area (Å²) in [6, 6.07) is 7.21. The van der Waals surface area contributed by atoms with Crippen molar-refractivity contribution in [1.29, 1.82) is 0 Å². The normalized spacial score (nSPS) is 29.1. The fourth-order valence-electron chi connectivity index (χ4n) is 6.92. The number of nitrogens with zero attached hydrogens (tertiary/aromatic N) is 1. The number of nitrogens with one attached hydrogen (secondary N) is 2. The maximum absolute atomic E-state index is 13.1. The number of allylic oxidation sites excluding steroid dienone is 1. The highest BCUT2D eigenvalue weighted by molar-refractivity contribution is 6.01. The van der Waals surface area contributed by atoms with Crippen LogP contribution in [0, 0.1) is 11.8 Å². The highest BCUT2D eigenvalue weighted by Crippen LogP contribution is 2.33. The Morgan fingerprint density at radius 3 is 2.62 bits per heavy atom. The largest absolute Gasteiger partial charge is 0.329 e. The van der Waals surface area contributed by atoms with E-state index in [0.717, 1.165) is 35.6 Å². The quantitative estimate of drug-likeness (QED) is 0.617. The standard InChI is InChI=1S/C29H41N3O2/c1-19-12-15-27(28(33)30-19)32-18-24-17-21(13-14-25(24)29(32)34)16-23-10-6-7-11-26(23)31-20(2)22-8-4-3-5-9-22/h13-14,17,20,22-23,26-27,31H,1,3-12,15-16,18H2,2H3,(H,30,33)/t20?,23-,26+,27?/m1/s1. The third-order valence-electron chi connectivity index (χ3n) is 8.94. The minimum Gasteiger partial charge on any atom is -0.329 e. The molecule has 0 bridgehead atoms. The van der Waals surface area contributed by atoms with Crippen LogP contribution in [0.1, 0.15) is 99.0 Å². The molecule has 2 N–H and O–H groups in total. The van der Waals surface area contributed by atoms with Crippen molar-refractivity contribution in [2.24, 2.45) is 11.8 Å². The molecule has 2 unspecified atom stereocenters. The summed E-state index contributed by atoms with van der Waals surface area (Å²) in [7, 11) is 0. The van der Waals surface area contributed by atoms with Crippen LogP contribution in [0.3, 0.4) is 0 Å². The van der Waals surface area contributed by atoms with Crippen molar-refractivity contribution in [3.05, 3.63) is 47.2 Å². The van der Waals surface area contributed by atoms with Crippen LogP contribution in [-0.2, 0) is 17.8 Å². The summed E-state index contributed by atoms with van der Waals surface area (Å²) in [5.41, 5.74) is 3.93. The first-order valence-electron chi connectivity index (χ1n) is 13.7. The second-order valence-electron chi connectivity index (χ2n) is 11.3. The highest BCUT2D eigenvalue weighted by Gasteiger charge is 2.38. The predicted octanol–water partition coefficient (Wildman–Crippen LogP) is 5.09. The van der Waals surface area contributed by atoms with Crippen molar-refractivity contribution in [2.75, 3.05) is 0 Å². The number of carbonyl (C=O) groups is 2. The van der Waals surface area contributed by atoms with Crippen LogP contribution in [0.4, 0.5) is 0 Å². The topological polar surface area (TPSA) is 61.4 Å². The van der Waals surface area contributed by atoms with Crippen LogP contribution < -0.4 is 10.6 Å². The summed E-state index contributed by atoms with van der Waals surface area (Å²) in [5, 5.41) is 6.89. The molecule has 2 amide bonds. The number of fused-ring (bicyclic) bond motifs is 1. The van der Waals surface area contributed by atoms with Gasteiger partial charge in [0, 0.05) is 29.9 Å². The second kappa shape index (κ2) is 10.2. The molecule has 1 aromatic rings. The van der Waals surface area contributed by atoms with E-state index in [1.54, 1.807) is 4.90 Å². The Balaban J connectivity index is 1.24. The molecule has 0 aromatic heterocycles. The van der Waals surface area contributed by atoms with Crippen molar-refractivity contribution in [3.8, 4) is 0 Å². The number of hydrogen-bond acceptors (Lipinski definition) is 3. The van der Waals surface area contributed by atoms with Gasteiger partial charge < -0.3 is 15.5 Å². The second-order valence-corrected chi connectivity index (χ2v) is 11.3. The summed E-state index contributed by atoms with van der Waals surface area (Å²) in [6.07, 6.45) is 14.6. The maximum Gasteiger partial charge on any atom is 0.255 e. The third-order valence-corrected chi connectivity index (χ3v) is 8.94. The minimum absolute atomic E-state index is 0.00673. The molecule has 5 nitrogen and oxygen atoms in total. The lowest BCUT2D eigenvalue weighted by molar-refractivity contribution is -0.126. The van der Waals surface area contributed by atoms with E-state index in [4.69, 9.17) is 0 Å². The molecule has 3 fully saturated rings. The van der Waals surface area contributed by atoms with E-state index in [9.17, 15) is 9.59 Å². The first-order valence-corrected chi connectivity index (χ1v) is 13.7. The smallest absolute Gasteiger partial charge is 0.255 e. The zero-order chi connectivity index (χ0) is 23.7. The van der Waals surface area contributed by atoms with Crippen molar-refractivity contribution in [1.82, 2.24) is 15.5 Å². The molecule has 2 saturated carbocycles. The van der Waals surface area contributed by atoms with Gasteiger partial charge >= 0.3 is 0 Å². The summed E-state index contributed by atoms with van der Waals surface area (Å²) >= 11 is 0. The van der Waals surface area contributed by atoms with Crippen molar-refractivity contribution in [2.45, 2.75) is 109 Å². The van der Waals surface area contributed by atoms with Gasteiger partial charge in [-0.2, -0.15) is 0 Å². The van der Waals surface area contributed by atoms with E-state index in [2.05, 4.69) is 36.3 Å². The van der Waals surface area contributed by atoms with Crippen LogP contribution in [0.25, 0.3) is 0 Å². The molecule has 0 radical (unpaired) electrons. The predicted molar refractivity (Wildman–Crippen MR) is 135 cm³/mol. The SMILES string of the molecule is C=C1CCC(N2Cc3cc(C[C@H]4CCCC[C@@H]4NC(C)C4CCCCC4)ccc3C2=O)C(=O)N1. The summed E-state index contributed by atoms with van der Waals surface area (Å²) in [6.45, 7) is 6.81. The number of benzene rings is 1. The molecule has 1 saturated heterocycles. The molecule has 184 valence electrons. The summed E-state index contributed by atoms with van der Waals surface area (Å²) in [4.78, 5) is 27.3. The van der Waals surface area contributed by atoms with Crippen LogP contribution in [0.2, 0.25) is 0 Å². The maximum atomic E-state index is 13.1. The van der Waals surface area contributed by atoms with Crippen molar-refractivity contribution < 1.29 is 9.59 Å². The molecule has 5 rings (SSSR count). The van der Waals surface area contributed by atoms with E-state index in [0.29, 0.717) is 31.0 Å². The Hall–Kier alpha value is -2.14. The van der Waals surface area contributed by atoms with E-state index in [1.165, 1.54) is 63.4 Å². The van der Waals surface area contributed by atoms with Gasteiger partial charge in [0.1, 0.15) is 6.04 Å². The minimum atomic E-state index is -0.387. The molecule has 2 heterocycles. The number of rotatable bonds is 6. The van der Waals surface area contributed by atoms with Gasteiger partial charge in [0.2, 0.25) is 5.91 Å². The molecule has 0 spiro atoms. The van der Waals surface area contributed by atoms with Crippen LogP contribution >= 0.6 is 0 Å². The van der Waals surface area contributed by atoms with E-state index < -0.39 is 0 Å². The molecular weight excluding hydrogens is 422 g/mol. The zero-order valence-electron chi connectivity index (χ0n) is 20.8. The Labute approximate surface area is 204 Å². The van der Waals surface area contributed by atoms with Gasteiger partial charge in [-0.1, -0.05) is 50.8 Å². The molecule has 2 aliphatic heterocycles. The number of carbonyl (C=O) groups excluding carboxylic acids is 2. The number of amides is 2. The summed E-state index contributed by atoms with van der Waals surface area (Å²) in [5.74, 6) is 1.39. The van der Waals surface area contributed by atoms with Gasteiger partial charge in [0.05, 0.1) is 0 Å². The van der Waals surface area contributed by atoms with E-state index in [-0.39, 0.29) is 17.9 Å². The van der Waals surface area contributed by atoms with Crippen LogP contribution in [-0.4, -0.2) is 34.8 Å². The average Bonchev–Trinajstić information content (AvgIpc) is 3.16. The van der Waals surface area contributed by atoms with Gasteiger partial charge in [0.15, 0.2) is 0 Å². The van der Waals surface area contributed by atoms with E-state index in [1.807, 2.05) is 6.07 Å². The molecule has 4 aliphatic rings. The molecule has 1 aromatic carbocycles. The van der Waals surface area contributed by atoms with Crippen LogP contribution in [0.15, 0.2) is 30.5 Å². The Morgan fingerprint density at radius 2 is 1.82 bits per heavy atom. The van der Waals surface area contributed by atoms with Crippen molar-refractivity contribution in [3.63, 3.8) is 0 Å². The van der Waals surface area contributed by atoms with Gasteiger partial charge in [-0.15, -0.1) is 0 Å². The highest BCUT2D eigenvalue weighted by atomic mass is 16.2. The first-order chi connectivity index (χ1) is 16.5. The van der Waals surface area contributed by atoms with Gasteiger partial charge in [-0.3, -0.25) is 9.59 Å². The van der Waals surface area contributed by atoms with E-state index >= 15 is 0 Å². The van der Waals surface area contributed by atoms with Crippen molar-refractivity contribution >= 4 is 11.8 Å². The fraction of sp³-hybridized carbons (Fsp3) is 0.655. The summed E-state index contributed by atoms with van der Waals surface area (Å²) < 4.78 is 0. The Bertz CT molecular complexity index is 935. The monoisotopic (exact) mass is 463 g/mol. The van der Waals surface area contributed by atoms with Gasteiger partial charge in [-0.05, 0) is 80.9 Å². The lowest BCUT2D eigenvalue weighted by Gasteiger charge is -2.38. The Morgan fingerprint density at radius 1 is 1.06 bits per heavy atom. The average molecular weight is 464 g/mol. The lowest BCUT2D eigenvalue weighted by Crippen LogP contribution is -2.49. The molecular formula is C29H41N3O2.